The molecule has 0 aliphatic carbocycles. The second-order valence-corrected chi connectivity index (χ2v) is 40.7. The van der Waals surface area contributed by atoms with Gasteiger partial charge in [0.2, 0.25) is 11.4 Å². The summed E-state index contributed by atoms with van der Waals surface area (Å²) in [6.45, 7) is 40.9. The number of hydrogen-bond acceptors (Lipinski definition) is 27. The Morgan fingerprint density at radius 1 is 0.437 bits per heavy atom. The van der Waals surface area contributed by atoms with Crippen molar-refractivity contribution in [3.05, 3.63) is 150 Å². The number of nitrogens with zero attached hydrogens (tertiary/aromatic N) is 4. The average Bonchev–Trinajstić information content (AvgIpc) is 1.61. The summed E-state index contributed by atoms with van der Waals surface area (Å²) in [6.07, 6.45) is 3.18. The molecule has 0 amide bonds. The minimum atomic E-state index is -4.11. The lowest BCUT2D eigenvalue weighted by molar-refractivity contribution is -0.172. The first-order chi connectivity index (χ1) is 55.5. The zero-order chi connectivity index (χ0) is 89.5. The van der Waals surface area contributed by atoms with Crippen LogP contribution in [0, 0.1) is 28.6 Å². The molecule has 0 bridgehead atoms. The van der Waals surface area contributed by atoms with Crippen LogP contribution >= 0.6 is 0 Å². The Kier molecular flexibility index (Phi) is 35.9. The quantitative estimate of drug-likeness (QED) is 0.00889. The van der Waals surface area contributed by atoms with Crippen molar-refractivity contribution in [1.82, 2.24) is 20.3 Å². The Hall–Kier alpha value is -9.88. The van der Waals surface area contributed by atoms with Gasteiger partial charge in [-0.05, 0) is 219 Å². The van der Waals surface area contributed by atoms with Crippen LogP contribution in [0.4, 0.5) is 0 Å². The van der Waals surface area contributed by atoms with Gasteiger partial charge >= 0.3 is 41.8 Å². The van der Waals surface area contributed by atoms with E-state index >= 15 is 0 Å². The van der Waals surface area contributed by atoms with Gasteiger partial charge in [0.15, 0.2) is 0 Å². The Morgan fingerprint density at radius 3 is 1.13 bits per heavy atom. The van der Waals surface area contributed by atoms with Gasteiger partial charge < -0.3 is 41.9 Å². The van der Waals surface area contributed by atoms with Crippen molar-refractivity contribution in [2.75, 3.05) is 39.6 Å². The van der Waals surface area contributed by atoms with Crippen LogP contribution in [0.2, 0.25) is 18.1 Å². The molecule has 0 fully saturated rings. The van der Waals surface area contributed by atoms with Crippen LogP contribution in [0.25, 0.3) is 44.3 Å². The third kappa shape index (κ3) is 27.6. The topological polar surface area (TPSA) is 366 Å². The first-order valence-corrected chi connectivity index (χ1v) is 45.4. The summed E-state index contributed by atoms with van der Waals surface area (Å²) in [5.74, 6) is -3.40. The molecule has 0 N–H and O–H groups in total. The number of rotatable bonds is 35. The van der Waals surface area contributed by atoms with E-state index in [1.807, 2.05) is 114 Å². The van der Waals surface area contributed by atoms with E-state index in [-0.39, 0.29) is 65.5 Å². The Balaban J connectivity index is 0.000000285. The van der Waals surface area contributed by atoms with E-state index < -0.39 is 110 Å². The predicted octanol–water partition coefficient (Wildman–Crippen LogP) is 18.4. The van der Waals surface area contributed by atoms with Crippen LogP contribution in [0.1, 0.15) is 235 Å². The van der Waals surface area contributed by atoms with Crippen molar-refractivity contribution < 1.29 is 105 Å². The molecular formula is C89H120N4O23S2Si. The average molecular weight is 1710 g/mol. The van der Waals surface area contributed by atoms with Crippen LogP contribution in [-0.2, 0) is 85.8 Å². The van der Waals surface area contributed by atoms with Crippen molar-refractivity contribution in [1.29, 1.82) is 0 Å². The molecule has 0 saturated heterocycles. The number of hydrogen-bond donors (Lipinski definition) is 0. The van der Waals surface area contributed by atoms with E-state index in [2.05, 4.69) is 63.8 Å². The number of ketones is 2. The molecule has 0 aliphatic heterocycles. The van der Waals surface area contributed by atoms with Crippen molar-refractivity contribution in [3.8, 4) is 28.5 Å². The number of fused-ring (bicyclic) bond motifs is 2. The third-order valence-electron chi connectivity index (χ3n) is 20.8. The number of esters is 6. The highest BCUT2D eigenvalue weighted by Crippen LogP contribution is 2.39. The minimum Gasteiger partial charge on any atom is -0.517 e. The summed E-state index contributed by atoms with van der Waals surface area (Å²) >= 11 is 0. The van der Waals surface area contributed by atoms with Gasteiger partial charge in [0.25, 0.3) is 28.6 Å². The maximum atomic E-state index is 13.0. The molecule has 119 heavy (non-hydrogen) atoms. The van der Waals surface area contributed by atoms with Gasteiger partial charge in [0.1, 0.15) is 71.3 Å². The molecule has 8 rings (SSSR count). The first-order valence-electron chi connectivity index (χ1n) is 40.0. The summed E-state index contributed by atoms with van der Waals surface area (Å²) in [5.41, 5.74) is -0.579. The summed E-state index contributed by atoms with van der Waals surface area (Å²) in [5, 5.41) is 9.83. The SMILES string of the molecule is CCC(C)(C)C(=O)OCCOC(=O)c1noc(C)c1-c1ccc2ccccc2n1.CCC(C)(C)C(=O)OCCOC(=O)c1noc(O[Si](CC)(CC)CC)c1-c1ccc2ccccc2n1.CCC(C)c1ccc(S(=O)(=O)OCC(C)(C(C)=O)C(=O)OC(C)(C)C)cc1.CCC(C)c1ccc(S(=O)(=O)OCC(C)(C(C)=O)C(=O)OC(C)(C)C)cc1. The largest absolute Gasteiger partial charge is 0.517 e. The van der Waals surface area contributed by atoms with Gasteiger partial charge in [0.05, 0.1) is 61.8 Å². The molecule has 30 heteroatoms. The van der Waals surface area contributed by atoms with Crippen molar-refractivity contribution >= 4 is 97.7 Å². The number of Topliss-reactive ketones (excluding diaryl/α,β-unsaturated/α-hetero) is 2. The second-order valence-electron chi connectivity index (χ2n) is 32.8. The molecule has 4 aromatic heterocycles. The highest BCUT2D eigenvalue weighted by Gasteiger charge is 2.46. The molecule has 0 radical (unpaired) electrons. The fourth-order valence-corrected chi connectivity index (χ4v) is 15.2. The summed E-state index contributed by atoms with van der Waals surface area (Å²) in [6, 6.07) is 38.4. The standard InChI is InChI=1S/C27H36N2O6Si.C22H24N2O5.2C20H30O6S/c1-7-27(5,6)26(31)33-18-17-32-24(30)23-22(21-16-15-19-13-11-12-14-20(19)28-21)25(34-29-23)35-36(8-2,9-3)10-4;1-5-22(3,4)21(26)28-13-12-27-20(25)19-18(14(2)29-24-19)17-11-10-15-8-6-7-9-16(15)23-17;2*1-8-14(2)16-9-11-17(12-10-16)27(23,24)25-13-20(7,15(3)21)18(22)26-19(4,5)6/h11-16H,7-10,17-18H2,1-6H3;6-11H,5,12-13H2,1-4H3;2*9-12,14H,8,13H2,1-7H3. The van der Waals surface area contributed by atoms with E-state index in [1.54, 1.807) is 72.7 Å². The third-order valence-corrected chi connectivity index (χ3v) is 27.8. The number of carbonyl (C=O) groups is 8. The maximum absolute atomic E-state index is 13.0. The molecule has 4 atom stereocenters. The number of ether oxygens (including phenoxy) is 6. The lowest BCUT2D eigenvalue weighted by Gasteiger charge is -2.29. The maximum Gasteiger partial charge on any atom is 0.361 e. The lowest BCUT2D eigenvalue weighted by Crippen LogP contribution is -2.44. The van der Waals surface area contributed by atoms with Gasteiger partial charge in [-0.3, -0.25) is 37.1 Å². The zero-order valence-electron chi connectivity index (χ0n) is 73.4. The van der Waals surface area contributed by atoms with Gasteiger partial charge in [-0.2, -0.15) is 16.8 Å². The van der Waals surface area contributed by atoms with Crippen LogP contribution in [0.15, 0.2) is 140 Å². The van der Waals surface area contributed by atoms with Crippen LogP contribution < -0.4 is 4.43 Å². The van der Waals surface area contributed by atoms with Crippen molar-refractivity contribution in [3.63, 3.8) is 0 Å². The number of benzene rings is 4. The number of para-hydroxylation sites is 2. The molecular weight excluding hydrogens is 1590 g/mol. The van der Waals surface area contributed by atoms with Crippen LogP contribution in [-0.4, -0.2) is 144 Å². The van der Waals surface area contributed by atoms with Crippen LogP contribution in [0.5, 0.6) is 5.95 Å². The predicted molar refractivity (Wildman–Crippen MR) is 454 cm³/mol. The first kappa shape index (κ1) is 99.7. The number of pyridine rings is 2. The molecule has 4 aromatic carbocycles. The fourth-order valence-electron chi connectivity index (χ4n) is 10.8. The highest BCUT2D eigenvalue weighted by atomic mass is 32.2. The van der Waals surface area contributed by atoms with Crippen molar-refractivity contribution in [2.45, 2.75) is 243 Å². The monoisotopic (exact) mass is 1700 g/mol. The molecule has 0 saturated carbocycles. The minimum absolute atomic E-state index is 0.0146. The molecule has 4 unspecified atom stereocenters. The molecule has 8 aromatic rings. The van der Waals surface area contributed by atoms with E-state index in [0.29, 0.717) is 53.0 Å². The van der Waals surface area contributed by atoms with E-state index in [4.69, 9.17) is 55.2 Å². The van der Waals surface area contributed by atoms with Gasteiger partial charge in [0, 0.05) is 10.8 Å². The molecule has 0 spiro atoms. The normalized spacial score (nSPS) is 13.5. The van der Waals surface area contributed by atoms with Gasteiger partial charge in [-0.1, -0.05) is 145 Å². The Bertz CT molecular complexity index is 4900. The zero-order valence-corrected chi connectivity index (χ0v) is 76.0. The van der Waals surface area contributed by atoms with E-state index in [1.165, 1.54) is 52.0 Å². The smallest absolute Gasteiger partial charge is 0.361 e. The summed E-state index contributed by atoms with van der Waals surface area (Å²) in [7, 11) is -10.4. The Labute approximate surface area is 701 Å². The van der Waals surface area contributed by atoms with Crippen molar-refractivity contribution in [2.24, 2.45) is 21.7 Å². The van der Waals surface area contributed by atoms with Crippen LogP contribution in [0.3, 0.4) is 0 Å². The summed E-state index contributed by atoms with van der Waals surface area (Å²) in [4.78, 5) is 108. The van der Waals surface area contributed by atoms with E-state index in [0.717, 1.165) is 63.9 Å². The number of aromatic nitrogens is 4. The number of aryl methyl sites for hydroxylation is 1. The Morgan fingerprint density at radius 2 is 0.782 bits per heavy atom. The van der Waals surface area contributed by atoms with E-state index in [9.17, 15) is 55.2 Å². The molecule has 0 aliphatic rings. The molecule has 650 valence electrons. The molecule has 27 nitrogen and oxygen atoms in total. The van der Waals surface area contributed by atoms with Gasteiger partial charge in [-0.15, -0.1) is 0 Å². The second kappa shape index (κ2) is 42.9. The fraction of sp³-hybridized carbons (Fsp3) is 0.506. The molecule has 4 heterocycles. The number of carbonyl (C=O) groups excluding carboxylic acids is 8. The lowest BCUT2D eigenvalue weighted by atomic mass is 9.87. The van der Waals surface area contributed by atoms with Gasteiger partial charge in [-0.25, -0.2) is 19.6 Å². The highest BCUT2D eigenvalue weighted by molar-refractivity contribution is 7.87. The summed E-state index contributed by atoms with van der Waals surface area (Å²) < 4.78 is 109.